The van der Waals surface area contributed by atoms with Gasteiger partial charge in [-0.25, -0.2) is 4.98 Å². The molecule has 0 amide bonds. The molecule has 84 valence electrons. The van der Waals surface area contributed by atoms with Gasteiger partial charge in [0.2, 0.25) is 5.88 Å². The Morgan fingerprint density at radius 1 is 1.47 bits per heavy atom. The fourth-order valence-electron chi connectivity index (χ4n) is 1.09. The van der Waals surface area contributed by atoms with Crippen LogP contribution in [0.15, 0.2) is 12.1 Å². The third-order valence-electron chi connectivity index (χ3n) is 2.03. The highest BCUT2D eigenvalue weighted by molar-refractivity contribution is 6.31. The molecule has 0 fully saturated rings. The van der Waals surface area contributed by atoms with Crippen LogP contribution in [0.1, 0.15) is 26.0 Å². The van der Waals surface area contributed by atoms with Crippen molar-refractivity contribution in [1.29, 1.82) is 0 Å². The molecule has 0 aliphatic rings. The Kier molecular flexibility index (Phi) is 4.85. The number of pyridine rings is 1. The van der Waals surface area contributed by atoms with Gasteiger partial charge in [0, 0.05) is 12.6 Å². The Balaban J connectivity index is 2.54. The second-order valence-corrected chi connectivity index (χ2v) is 4.22. The van der Waals surface area contributed by atoms with Crippen LogP contribution in [0.3, 0.4) is 0 Å². The van der Waals surface area contributed by atoms with Crippen LogP contribution in [0.4, 0.5) is 0 Å². The lowest BCUT2D eigenvalue weighted by Crippen LogP contribution is -2.05. The molecule has 3 nitrogen and oxygen atoms in total. The highest BCUT2D eigenvalue weighted by atomic mass is 35.5. The highest BCUT2D eigenvalue weighted by Gasteiger charge is 2.03. The molecule has 0 bridgehead atoms. The molecule has 1 aromatic heterocycles. The van der Waals surface area contributed by atoms with Crippen LogP contribution in [0.2, 0.25) is 5.02 Å². The van der Waals surface area contributed by atoms with Gasteiger partial charge in [0.15, 0.2) is 0 Å². The first-order valence-corrected chi connectivity index (χ1v) is 5.49. The number of aromatic nitrogens is 1. The summed E-state index contributed by atoms with van der Waals surface area (Å²) in [6.45, 7) is 5.32. The quantitative estimate of drug-likeness (QED) is 0.843. The number of hydrogen-bond donors (Lipinski definition) is 1. The van der Waals surface area contributed by atoms with Crippen molar-refractivity contribution in [3.8, 4) is 5.88 Å². The smallest absolute Gasteiger partial charge is 0.213 e. The molecule has 0 aliphatic carbocycles. The van der Waals surface area contributed by atoms with Crippen LogP contribution in [-0.2, 0) is 6.54 Å². The number of hydrogen-bond acceptors (Lipinski definition) is 3. The molecule has 0 saturated carbocycles. The lowest BCUT2D eigenvalue weighted by Gasteiger charge is -2.08. The molecule has 0 spiro atoms. The maximum atomic E-state index is 5.88. The van der Waals surface area contributed by atoms with Crippen molar-refractivity contribution < 1.29 is 4.74 Å². The second kappa shape index (κ2) is 5.93. The number of halogens is 1. The predicted molar refractivity (Wildman–Crippen MR) is 62.1 cm³/mol. The summed E-state index contributed by atoms with van der Waals surface area (Å²) in [5, 5.41) is 0.591. The largest absolute Gasteiger partial charge is 0.478 e. The van der Waals surface area contributed by atoms with E-state index in [1.165, 1.54) is 0 Å². The molecule has 15 heavy (non-hydrogen) atoms. The molecule has 0 unspecified atom stereocenters. The first-order chi connectivity index (χ1) is 7.13. The summed E-state index contributed by atoms with van der Waals surface area (Å²) in [4.78, 5) is 4.21. The van der Waals surface area contributed by atoms with Crippen LogP contribution < -0.4 is 10.5 Å². The second-order valence-electron chi connectivity index (χ2n) is 3.81. The van der Waals surface area contributed by atoms with Gasteiger partial charge >= 0.3 is 0 Å². The maximum Gasteiger partial charge on any atom is 0.213 e. The number of nitrogens with zero attached hydrogens (tertiary/aromatic N) is 1. The van der Waals surface area contributed by atoms with Crippen molar-refractivity contribution in [3.63, 3.8) is 0 Å². The third-order valence-corrected chi connectivity index (χ3v) is 2.38. The minimum absolute atomic E-state index is 0.334. The Morgan fingerprint density at radius 3 is 2.80 bits per heavy atom. The van der Waals surface area contributed by atoms with E-state index in [0.29, 0.717) is 35.7 Å². The molecule has 2 N–H and O–H groups in total. The molecule has 0 aromatic carbocycles. The average molecular weight is 229 g/mol. The summed E-state index contributed by atoms with van der Waals surface area (Å²) in [6, 6.07) is 3.53. The number of rotatable bonds is 5. The highest BCUT2D eigenvalue weighted by Crippen LogP contribution is 2.17. The minimum atomic E-state index is 0.334. The normalized spacial score (nSPS) is 10.7. The monoisotopic (exact) mass is 228 g/mol. The summed E-state index contributed by atoms with van der Waals surface area (Å²) < 4.78 is 5.49. The fourth-order valence-corrected chi connectivity index (χ4v) is 1.27. The topological polar surface area (TPSA) is 48.1 Å². The van der Waals surface area contributed by atoms with Crippen molar-refractivity contribution in [1.82, 2.24) is 4.98 Å². The van der Waals surface area contributed by atoms with E-state index < -0.39 is 0 Å². The molecule has 4 heteroatoms. The van der Waals surface area contributed by atoms with Crippen LogP contribution in [0.25, 0.3) is 0 Å². The first-order valence-electron chi connectivity index (χ1n) is 5.11. The summed E-state index contributed by atoms with van der Waals surface area (Å²) in [7, 11) is 0. The minimum Gasteiger partial charge on any atom is -0.478 e. The van der Waals surface area contributed by atoms with E-state index in [4.69, 9.17) is 22.1 Å². The first kappa shape index (κ1) is 12.3. The van der Waals surface area contributed by atoms with E-state index in [0.717, 1.165) is 6.42 Å². The van der Waals surface area contributed by atoms with Crippen molar-refractivity contribution in [2.24, 2.45) is 11.7 Å². The van der Waals surface area contributed by atoms with E-state index in [1.54, 1.807) is 12.1 Å². The van der Waals surface area contributed by atoms with E-state index in [2.05, 4.69) is 18.8 Å². The molecular weight excluding hydrogens is 212 g/mol. The summed E-state index contributed by atoms with van der Waals surface area (Å²) in [5.41, 5.74) is 6.17. The van der Waals surface area contributed by atoms with Gasteiger partial charge in [-0.2, -0.15) is 0 Å². The average Bonchev–Trinajstić information content (AvgIpc) is 2.20. The van der Waals surface area contributed by atoms with Gasteiger partial charge in [-0.1, -0.05) is 25.4 Å². The van der Waals surface area contributed by atoms with E-state index in [1.807, 2.05) is 0 Å². The third kappa shape index (κ3) is 4.06. The standard InChI is InChI=1S/C11H17ClN2O/c1-8(2)5-6-15-11-4-3-9(12)10(7-13)14-11/h3-4,8H,5-7,13H2,1-2H3. The van der Waals surface area contributed by atoms with Crippen molar-refractivity contribution in [2.45, 2.75) is 26.8 Å². The Bertz CT molecular complexity index is 315. The summed E-state index contributed by atoms with van der Waals surface area (Å²) in [6.07, 6.45) is 1.02. The molecule has 1 heterocycles. The Morgan fingerprint density at radius 2 is 2.20 bits per heavy atom. The predicted octanol–water partition coefficient (Wildman–Crippen LogP) is 2.62. The molecule has 0 saturated heterocycles. The number of nitrogens with two attached hydrogens (primary N) is 1. The van der Waals surface area contributed by atoms with Gasteiger partial charge in [0.1, 0.15) is 0 Å². The van der Waals surface area contributed by atoms with Gasteiger partial charge in [0.05, 0.1) is 17.3 Å². The molecule has 0 aliphatic heterocycles. The maximum absolute atomic E-state index is 5.88. The van der Waals surface area contributed by atoms with Gasteiger partial charge in [0.25, 0.3) is 0 Å². The lowest BCUT2D eigenvalue weighted by molar-refractivity contribution is 0.279. The summed E-state index contributed by atoms with van der Waals surface area (Å²) in [5.74, 6) is 1.23. The molecule has 1 rings (SSSR count). The Hall–Kier alpha value is -0.800. The zero-order valence-electron chi connectivity index (χ0n) is 9.16. The summed E-state index contributed by atoms with van der Waals surface area (Å²) >= 11 is 5.88. The van der Waals surface area contributed by atoms with Gasteiger partial charge in [-0.3, -0.25) is 0 Å². The van der Waals surface area contributed by atoms with E-state index >= 15 is 0 Å². The van der Waals surface area contributed by atoms with Crippen molar-refractivity contribution >= 4 is 11.6 Å². The van der Waals surface area contributed by atoms with Crippen LogP contribution in [-0.4, -0.2) is 11.6 Å². The molecule has 0 atom stereocenters. The van der Waals surface area contributed by atoms with Gasteiger partial charge < -0.3 is 10.5 Å². The number of ether oxygens (including phenoxy) is 1. The lowest BCUT2D eigenvalue weighted by atomic mass is 10.1. The van der Waals surface area contributed by atoms with Gasteiger partial charge in [-0.05, 0) is 18.4 Å². The Labute approximate surface area is 95.6 Å². The molecule has 0 radical (unpaired) electrons. The van der Waals surface area contributed by atoms with Crippen LogP contribution in [0, 0.1) is 5.92 Å². The van der Waals surface area contributed by atoms with Crippen LogP contribution in [0.5, 0.6) is 5.88 Å². The van der Waals surface area contributed by atoms with Crippen LogP contribution >= 0.6 is 11.6 Å². The van der Waals surface area contributed by atoms with Gasteiger partial charge in [-0.15, -0.1) is 0 Å². The molecule has 1 aromatic rings. The zero-order valence-corrected chi connectivity index (χ0v) is 9.92. The molecular formula is C11H17ClN2O. The van der Waals surface area contributed by atoms with E-state index in [-0.39, 0.29) is 0 Å². The van der Waals surface area contributed by atoms with Crippen molar-refractivity contribution in [2.75, 3.05) is 6.61 Å². The fraction of sp³-hybridized carbons (Fsp3) is 0.545. The van der Waals surface area contributed by atoms with E-state index in [9.17, 15) is 0 Å². The zero-order chi connectivity index (χ0) is 11.3. The van der Waals surface area contributed by atoms with Crippen molar-refractivity contribution in [3.05, 3.63) is 22.8 Å². The SMILES string of the molecule is CC(C)CCOc1ccc(Cl)c(CN)n1.